The van der Waals surface area contributed by atoms with Crippen molar-refractivity contribution in [3.8, 4) is 0 Å². The predicted octanol–water partition coefficient (Wildman–Crippen LogP) is -0.820. The van der Waals surface area contributed by atoms with E-state index in [0.29, 0.717) is 6.29 Å². The highest BCUT2D eigenvalue weighted by Gasteiger charge is 2.11. The maximum Gasteiger partial charge on any atom is 0.306 e. The molecule has 0 rings (SSSR count). The van der Waals surface area contributed by atoms with Crippen molar-refractivity contribution in [2.45, 2.75) is 12.5 Å². The van der Waals surface area contributed by atoms with Gasteiger partial charge in [0.2, 0.25) is 0 Å². The van der Waals surface area contributed by atoms with Crippen LogP contribution in [0, 0.1) is 0 Å². The molecule has 0 aliphatic heterocycles. The van der Waals surface area contributed by atoms with Gasteiger partial charge in [-0.3, -0.25) is 9.63 Å². The zero-order valence-electron chi connectivity index (χ0n) is 5.53. The van der Waals surface area contributed by atoms with Gasteiger partial charge in [-0.25, -0.2) is 5.48 Å². The molecule has 0 fully saturated rings. The van der Waals surface area contributed by atoms with Crippen molar-refractivity contribution < 1.29 is 19.5 Å². The molecule has 0 bridgehead atoms. The first kappa shape index (κ1) is 9.06. The van der Waals surface area contributed by atoms with Crippen LogP contribution in [-0.2, 0) is 14.4 Å². The van der Waals surface area contributed by atoms with Crippen LogP contribution in [0.25, 0.3) is 0 Å². The Hall–Kier alpha value is -0.940. The number of hydrogen-bond acceptors (Lipinski definition) is 4. The summed E-state index contributed by atoms with van der Waals surface area (Å²) in [7, 11) is 1.46. The molecular formula is C5H9NO4. The molecule has 1 unspecified atom stereocenters. The second kappa shape index (κ2) is 4.89. The monoisotopic (exact) mass is 147 g/mol. The highest BCUT2D eigenvalue weighted by molar-refractivity contribution is 5.72. The molecule has 58 valence electrons. The topological polar surface area (TPSA) is 75.6 Å². The summed E-state index contributed by atoms with van der Waals surface area (Å²) in [6.45, 7) is 0. The van der Waals surface area contributed by atoms with Gasteiger partial charge in [-0.1, -0.05) is 0 Å². The summed E-state index contributed by atoms with van der Waals surface area (Å²) in [5.41, 5.74) is 2.23. The largest absolute Gasteiger partial charge is 0.481 e. The Kier molecular flexibility index (Phi) is 4.43. The minimum atomic E-state index is -1.06. The van der Waals surface area contributed by atoms with E-state index in [2.05, 4.69) is 10.3 Å². The van der Waals surface area contributed by atoms with Crippen LogP contribution in [0.5, 0.6) is 0 Å². The summed E-state index contributed by atoms with van der Waals surface area (Å²) in [4.78, 5) is 24.5. The third-order valence-electron chi connectivity index (χ3n) is 0.797. The summed E-state index contributed by atoms with van der Waals surface area (Å²) in [5, 5.41) is 8.17. The average Bonchev–Trinajstić information content (AvgIpc) is 1.86. The lowest BCUT2D eigenvalue weighted by molar-refractivity contribution is -0.144. The van der Waals surface area contributed by atoms with Gasteiger partial charge in [0.1, 0.15) is 6.10 Å². The predicted molar refractivity (Wildman–Crippen MR) is 32.2 cm³/mol. The van der Waals surface area contributed by atoms with Crippen LogP contribution in [0.3, 0.4) is 0 Å². The van der Waals surface area contributed by atoms with Crippen molar-refractivity contribution in [2.24, 2.45) is 0 Å². The zero-order chi connectivity index (χ0) is 7.98. The fourth-order valence-corrected chi connectivity index (χ4v) is 0.441. The first-order chi connectivity index (χ1) is 4.70. The third kappa shape index (κ3) is 3.99. The molecule has 0 spiro atoms. The lowest BCUT2D eigenvalue weighted by Gasteiger charge is -2.05. The lowest BCUT2D eigenvalue weighted by atomic mass is 10.3. The zero-order valence-corrected chi connectivity index (χ0v) is 5.53. The molecule has 0 saturated heterocycles. The summed E-state index contributed by atoms with van der Waals surface area (Å²) in [6.07, 6.45) is -0.780. The number of nitrogens with one attached hydrogen (secondary N) is 1. The van der Waals surface area contributed by atoms with E-state index in [1.807, 2.05) is 0 Å². The molecule has 1 atom stereocenters. The quantitative estimate of drug-likeness (QED) is 0.392. The molecule has 0 aromatic heterocycles. The number of carboxylic acids is 1. The second-order valence-corrected chi connectivity index (χ2v) is 1.59. The Morgan fingerprint density at radius 3 is 2.80 bits per heavy atom. The Labute approximate surface area is 57.9 Å². The summed E-state index contributed by atoms with van der Waals surface area (Å²) in [6, 6.07) is 0. The maximum absolute atomic E-state index is 10.0. The number of carboxylic acid groups (broad SMARTS) is 1. The van der Waals surface area contributed by atoms with E-state index < -0.39 is 12.1 Å². The SMILES string of the molecule is CNOC(C=O)CC(=O)O. The summed E-state index contributed by atoms with van der Waals surface area (Å²) < 4.78 is 0. The number of rotatable bonds is 5. The number of carbonyl (C=O) groups excluding carboxylic acids is 1. The first-order valence-electron chi connectivity index (χ1n) is 2.70. The van der Waals surface area contributed by atoms with Gasteiger partial charge in [-0.2, -0.15) is 0 Å². The number of aldehydes is 1. The van der Waals surface area contributed by atoms with Crippen LogP contribution in [0.2, 0.25) is 0 Å². The number of hydrogen-bond donors (Lipinski definition) is 2. The lowest BCUT2D eigenvalue weighted by Crippen LogP contribution is -2.24. The Morgan fingerprint density at radius 1 is 1.90 bits per heavy atom. The molecule has 10 heavy (non-hydrogen) atoms. The Morgan fingerprint density at radius 2 is 2.50 bits per heavy atom. The molecule has 0 aliphatic carbocycles. The Bertz CT molecular complexity index is 125. The van der Waals surface area contributed by atoms with Crippen LogP contribution in [-0.4, -0.2) is 30.5 Å². The number of carbonyl (C=O) groups is 2. The van der Waals surface area contributed by atoms with Gasteiger partial charge in [0.15, 0.2) is 6.29 Å². The van der Waals surface area contributed by atoms with E-state index in [0.717, 1.165) is 0 Å². The van der Waals surface area contributed by atoms with Crippen LogP contribution in [0.4, 0.5) is 0 Å². The fourth-order valence-electron chi connectivity index (χ4n) is 0.441. The first-order valence-corrected chi connectivity index (χ1v) is 2.70. The van der Waals surface area contributed by atoms with Gasteiger partial charge in [-0.15, -0.1) is 0 Å². The minimum absolute atomic E-state index is 0.315. The van der Waals surface area contributed by atoms with E-state index in [9.17, 15) is 9.59 Å². The molecule has 5 nitrogen and oxygen atoms in total. The molecule has 0 aromatic carbocycles. The molecule has 0 saturated carbocycles. The van der Waals surface area contributed by atoms with Crippen LogP contribution < -0.4 is 5.48 Å². The Balaban J connectivity index is 3.59. The average molecular weight is 147 g/mol. The van der Waals surface area contributed by atoms with Crippen LogP contribution in [0.15, 0.2) is 0 Å². The van der Waals surface area contributed by atoms with Gasteiger partial charge in [-0.05, 0) is 0 Å². The highest BCUT2D eigenvalue weighted by atomic mass is 16.7. The van der Waals surface area contributed by atoms with Crippen LogP contribution in [0.1, 0.15) is 6.42 Å². The van der Waals surface area contributed by atoms with Gasteiger partial charge in [0.25, 0.3) is 0 Å². The highest BCUT2D eigenvalue weighted by Crippen LogP contribution is 1.91. The van der Waals surface area contributed by atoms with Crippen molar-refractivity contribution in [3.63, 3.8) is 0 Å². The van der Waals surface area contributed by atoms with Crippen molar-refractivity contribution in [1.82, 2.24) is 5.48 Å². The smallest absolute Gasteiger partial charge is 0.306 e. The fraction of sp³-hybridized carbons (Fsp3) is 0.600. The van der Waals surface area contributed by atoms with Crippen molar-refractivity contribution in [2.75, 3.05) is 7.05 Å². The van der Waals surface area contributed by atoms with E-state index in [1.54, 1.807) is 0 Å². The normalized spacial score (nSPS) is 12.5. The number of hydroxylamine groups is 1. The van der Waals surface area contributed by atoms with Gasteiger partial charge in [0.05, 0.1) is 6.42 Å². The molecule has 0 amide bonds. The van der Waals surface area contributed by atoms with E-state index in [4.69, 9.17) is 5.11 Å². The molecule has 0 heterocycles. The maximum atomic E-state index is 10.0. The van der Waals surface area contributed by atoms with Gasteiger partial charge in [0, 0.05) is 7.05 Å². The van der Waals surface area contributed by atoms with Crippen LogP contribution >= 0.6 is 0 Å². The molecular weight excluding hydrogens is 138 g/mol. The van der Waals surface area contributed by atoms with Crippen molar-refractivity contribution in [1.29, 1.82) is 0 Å². The molecule has 0 aromatic rings. The standard InChI is InChI=1S/C5H9NO4/c1-6-10-4(3-7)2-5(8)9/h3-4,6H,2H2,1H3,(H,8,9). The van der Waals surface area contributed by atoms with Crippen molar-refractivity contribution >= 4 is 12.3 Å². The molecule has 0 radical (unpaired) electrons. The summed E-state index contributed by atoms with van der Waals surface area (Å²) in [5.74, 6) is -1.06. The number of aliphatic carboxylic acids is 1. The minimum Gasteiger partial charge on any atom is -0.481 e. The molecule has 0 aliphatic rings. The second-order valence-electron chi connectivity index (χ2n) is 1.59. The third-order valence-corrected chi connectivity index (χ3v) is 0.797. The van der Waals surface area contributed by atoms with Crippen molar-refractivity contribution in [3.05, 3.63) is 0 Å². The summed E-state index contributed by atoms with van der Waals surface area (Å²) >= 11 is 0. The van der Waals surface area contributed by atoms with E-state index in [-0.39, 0.29) is 6.42 Å². The van der Waals surface area contributed by atoms with E-state index >= 15 is 0 Å². The van der Waals surface area contributed by atoms with Gasteiger partial charge >= 0.3 is 5.97 Å². The van der Waals surface area contributed by atoms with E-state index in [1.165, 1.54) is 7.05 Å². The molecule has 2 N–H and O–H groups in total. The molecule has 5 heteroatoms. The van der Waals surface area contributed by atoms with Gasteiger partial charge < -0.3 is 9.90 Å².